The number of urea groups is 1. The summed E-state index contributed by atoms with van der Waals surface area (Å²) in [6.45, 7) is 3.87. The van der Waals surface area contributed by atoms with Crippen LogP contribution in [-0.2, 0) is 6.42 Å². The Labute approximate surface area is 178 Å². The van der Waals surface area contributed by atoms with Crippen LogP contribution < -0.4 is 5.32 Å². The molecule has 0 bridgehead atoms. The van der Waals surface area contributed by atoms with E-state index in [-0.39, 0.29) is 6.03 Å². The smallest absolute Gasteiger partial charge is 0.317 e. The van der Waals surface area contributed by atoms with Crippen molar-refractivity contribution in [3.8, 4) is 0 Å². The highest BCUT2D eigenvalue weighted by Crippen LogP contribution is 2.27. The van der Waals surface area contributed by atoms with Gasteiger partial charge in [-0.15, -0.1) is 0 Å². The molecule has 0 aliphatic heterocycles. The molecular formula is C26H42N2O. The fraction of sp³-hybridized carbons (Fsp3) is 0.731. The van der Waals surface area contributed by atoms with E-state index in [4.69, 9.17) is 0 Å². The molecule has 0 unspecified atom stereocenters. The van der Waals surface area contributed by atoms with Gasteiger partial charge in [0.2, 0.25) is 0 Å². The molecule has 1 N–H and O–H groups in total. The second-order valence-corrected chi connectivity index (χ2v) is 9.51. The molecule has 0 atom stereocenters. The van der Waals surface area contributed by atoms with E-state index in [9.17, 15) is 4.79 Å². The molecule has 29 heavy (non-hydrogen) atoms. The van der Waals surface area contributed by atoms with Crippen molar-refractivity contribution in [3.05, 3.63) is 35.4 Å². The Hall–Kier alpha value is -1.51. The molecule has 3 heteroatoms. The average molecular weight is 399 g/mol. The van der Waals surface area contributed by atoms with Gasteiger partial charge in [-0.3, -0.25) is 0 Å². The third-order valence-corrected chi connectivity index (χ3v) is 6.99. The number of nitrogens with one attached hydrogen (secondary N) is 1. The van der Waals surface area contributed by atoms with Gasteiger partial charge in [-0.1, -0.05) is 94.0 Å². The number of hydrogen-bond donors (Lipinski definition) is 1. The molecule has 0 spiro atoms. The molecule has 162 valence electrons. The maximum atomic E-state index is 13.0. The highest BCUT2D eigenvalue weighted by atomic mass is 16.2. The molecule has 0 saturated heterocycles. The lowest BCUT2D eigenvalue weighted by molar-refractivity contribution is 0.188. The lowest BCUT2D eigenvalue weighted by atomic mass is 9.86. The molecule has 0 aromatic heterocycles. The predicted octanol–water partition coefficient (Wildman–Crippen LogP) is 6.63. The van der Waals surface area contributed by atoms with Gasteiger partial charge < -0.3 is 10.2 Å². The van der Waals surface area contributed by atoms with Crippen LogP contribution in [0.2, 0.25) is 0 Å². The van der Waals surface area contributed by atoms with Crippen LogP contribution in [0.25, 0.3) is 0 Å². The van der Waals surface area contributed by atoms with E-state index in [1.165, 1.54) is 75.3 Å². The zero-order valence-corrected chi connectivity index (χ0v) is 18.6. The Kier molecular flexibility index (Phi) is 9.37. The van der Waals surface area contributed by atoms with Crippen molar-refractivity contribution in [2.24, 2.45) is 5.92 Å². The van der Waals surface area contributed by atoms with Gasteiger partial charge in [0.25, 0.3) is 0 Å². The topological polar surface area (TPSA) is 32.3 Å². The molecule has 2 fully saturated rings. The van der Waals surface area contributed by atoms with Crippen LogP contribution in [0.4, 0.5) is 4.79 Å². The van der Waals surface area contributed by atoms with Gasteiger partial charge in [-0.05, 0) is 44.1 Å². The van der Waals surface area contributed by atoms with E-state index in [1.807, 2.05) is 0 Å². The average Bonchev–Trinajstić information content (AvgIpc) is 2.74. The van der Waals surface area contributed by atoms with Gasteiger partial charge >= 0.3 is 6.03 Å². The normalized spacial score (nSPS) is 18.5. The minimum atomic E-state index is 0.169. The molecule has 2 amide bonds. The number of aryl methyl sites for hydroxylation is 1. The highest BCUT2D eigenvalue weighted by Gasteiger charge is 2.20. The lowest BCUT2D eigenvalue weighted by Crippen LogP contribution is -2.46. The number of unbranched alkanes of at least 4 members (excludes halogenated alkanes) is 1. The van der Waals surface area contributed by atoms with Gasteiger partial charge in [0, 0.05) is 19.1 Å². The van der Waals surface area contributed by atoms with Gasteiger partial charge in [0.1, 0.15) is 0 Å². The van der Waals surface area contributed by atoms with E-state index in [0.717, 1.165) is 44.7 Å². The summed E-state index contributed by atoms with van der Waals surface area (Å²) < 4.78 is 0. The number of carbonyl (C=O) groups is 1. The fourth-order valence-electron chi connectivity index (χ4n) is 5.17. The van der Waals surface area contributed by atoms with E-state index in [0.29, 0.717) is 6.04 Å². The first-order valence-corrected chi connectivity index (χ1v) is 12.3. The highest BCUT2D eigenvalue weighted by molar-refractivity contribution is 5.74. The largest absolute Gasteiger partial charge is 0.335 e. The Morgan fingerprint density at radius 1 is 0.966 bits per heavy atom. The van der Waals surface area contributed by atoms with Gasteiger partial charge in [0.15, 0.2) is 0 Å². The van der Waals surface area contributed by atoms with Crippen LogP contribution in [0.1, 0.15) is 94.6 Å². The molecule has 3 rings (SSSR count). The summed E-state index contributed by atoms with van der Waals surface area (Å²) in [5.41, 5.74) is 2.64. The first kappa shape index (κ1) is 22.2. The molecule has 0 radical (unpaired) electrons. The molecule has 2 aliphatic carbocycles. The van der Waals surface area contributed by atoms with Crippen LogP contribution >= 0.6 is 0 Å². The van der Waals surface area contributed by atoms with E-state index in [1.54, 1.807) is 0 Å². The summed E-state index contributed by atoms with van der Waals surface area (Å²) in [6.07, 6.45) is 18.0. The summed E-state index contributed by atoms with van der Waals surface area (Å²) in [5.74, 6) is 0.945. The minimum absolute atomic E-state index is 0.169. The van der Waals surface area contributed by atoms with Crippen LogP contribution in [-0.4, -0.2) is 30.1 Å². The van der Waals surface area contributed by atoms with Gasteiger partial charge in [-0.25, -0.2) is 4.79 Å². The number of rotatable bonds is 9. The second kappa shape index (κ2) is 12.2. The Balaban J connectivity index is 1.47. The molecule has 1 aromatic rings. The van der Waals surface area contributed by atoms with Crippen LogP contribution in [0.15, 0.2) is 24.3 Å². The summed E-state index contributed by atoms with van der Waals surface area (Å²) in [7, 11) is 0. The van der Waals surface area contributed by atoms with Crippen molar-refractivity contribution >= 4 is 6.03 Å². The third kappa shape index (κ3) is 8.03. The quantitative estimate of drug-likeness (QED) is 0.465. The van der Waals surface area contributed by atoms with Crippen molar-refractivity contribution in [2.45, 2.75) is 103 Å². The van der Waals surface area contributed by atoms with Crippen LogP contribution in [0.3, 0.4) is 0 Å². The standard InChI is InChI=1S/C26H42N2O/c1-22-11-10-15-24(21-22)18-20-28(26(29)27-25-16-6-3-7-17-25)19-9-8-14-23-12-4-2-5-13-23/h10-11,15,21,23,25H,2-9,12-14,16-20H2,1H3,(H,27,29). The monoisotopic (exact) mass is 398 g/mol. The lowest BCUT2D eigenvalue weighted by Gasteiger charge is -2.29. The molecule has 1 aromatic carbocycles. The van der Waals surface area contributed by atoms with Crippen molar-refractivity contribution < 1.29 is 4.79 Å². The number of benzene rings is 1. The first-order chi connectivity index (χ1) is 14.2. The maximum absolute atomic E-state index is 13.0. The van der Waals surface area contributed by atoms with Gasteiger partial charge in [0.05, 0.1) is 0 Å². The Bertz CT molecular complexity index is 602. The van der Waals surface area contributed by atoms with E-state index >= 15 is 0 Å². The summed E-state index contributed by atoms with van der Waals surface area (Å²) in [5, 5.41) is 3.34. The second-order valence-electron chi connectivity index (χ2n) is 9.51. The number of hydrogen-bond acceptors (Lipinski definition) is 1. The zero-order chi connectivity index (χ0) is 20.3. The third-order valence-electron chi connectivity index (χ3n) is 6.99. The van der Waals surface area contributed by atoms with Crippen molar-refractivity contribution in [2.75, 3.05) is 13.1 Å². The van der Waals surface area contributed by atoms with Crippen molar-refractivity contribution in [1.82, 2.24) is 10.2 Å². The predicted molar refractivity (Wildman–Crippen MR) is 122 cm³/mol. The van der Waals surface area contributed by atoms with Crippen molar-refractivity contribution in [3.63, 3.8) is 0 Å². The SMILES string of the molecule is Cc1cccc(CCN(CCCCC2CCCCC2)C(=O)NC2CCCCC2)c1. The van der Waals surface area contributed by atoms with Gasteiger partial charge in [-0.2, -0.15) is 0 Å². The fourth-order valence-corrected chi connectivity index (χ4v) is 5.17. The molecule has 2 saturated carbocycles. The zero-order valence-electron chi connectivity index (χ0n) is 18.6. The maximum Gasteiger partial charge on any atom is 0.317 e. The molecule has 0 heterocycles. The van der Waals surface area contributed by atoms with Crippen molar-refractivity contribution in [1.29, 1.82) is 0 Å². The minimum Gasteiger partial charge on any atom is -0.335 e. The van der Waals surface area contributed by atoms with E-state index in [2.05, 4.69) is 41.4 Å². The van der Waals surface area contributed by atoms with Crippen LogP contribution in [0, 0.1) is 12.8 Å². The molecule has 2 aliphatic rings. The number of carbonyl (C=O) groups excluding carboxylic acids is 1. The molecule has 3 nitrogen and oxygen atoms in total. The summed E-state index contributed by atoms with van der Waals surface area (Å²) in [4.78, 5) is 15.1. The Morgan fingerprint density at radius 3 is 2.41 bits per heavy atom. The number of nitrogens with zero attached hydrogens (tertiary/aromatic N) is 1. The summed E-state index contributed by atoms with van der Waals surface area (Å²) >= 11 is 0. The molecular weight excluding hydrogens is 356 g/mol. The van der Waals surface area contributed by atoms with Crippen LogP contribution in [0.5, 0.6) is 0 Å². The number of amides is 2. The first-order valence-electron chi connectivity index (χ1n) is 12.3. The Morgan fingerprint density at radius 2 is 1.69 bits per heavy atom. The van der Waals surface area contributed by atoms with E-state index < -0.39 is 0 Å². The summed E-state index contributed by atoms with van der Waals surface area (Å²) in [6, 6.07) is 9.26.